The number of likely N-dealkylation sites (N-methyl/N-ethyl adjacent to an activating group) is 1. The van der Waals surface area contributed by atoms with Crippen molar-refractivity contribution in [3.63, 3.8) is 0 Å². The summed E-state index contributed by atoms with van der Waals surface area (Å²) in [5, 5.41) is 2.63. The van der Waals surface area contributed by atoms with E-state index in [4.69, 9.17) is 4.74 Å². The van der Waals surface area contributed by atoms with Crippen molar-refractivity contribution in [2.45, 2.75) is 19.5 Å². The molecule has 1 unspecified atom stereocenters. The molecule has 2 amide bonds. The second-order valence-electron chi connectivity index (χ2n) is 6.16. The summed E-state index contributed by atoms with van der Waals surface area (Å²) in [6.45, 7) is 1.88. The summed E-state index contributed by atoms with van der Waals surface area (Å²) in [5.74, 6) is -0.244. The number of rotatable bonds is 7. The highest BCUT2D eigenvalue weighted by Crippen LogP contribution is 2.12. The van der Waals surface area contributed by atoms with Gasteiger partial charge in [-0.3, -0.25) is 9.59 Å². The first kappa shape index (κ1) is 20.2. The lowest BCUT2D eigenvalue weighted by Gasteiger charge is -2.22. The topological polar surface area (TPSA) is 58.6 Å². The normalized spacial score (nSPS) is 11.9. The molecule has 2 aromatic rings. The van der Waals surface area contributed by atoms with Crippen LogP contribution < -0.4 is 10.1 Å². The molecule has 0 aliphatic rings. The molecule has 0 saturated heterocycles. The first-order valence-corrected chi connectivity index (χ1v) is 8.51. The number of ether oxygens (including phenoxy) is 1. The first-order valence-electron chi connectivity index (χ1n) is 8.51. The molecular formula is C21H23FN2O3. The summed E-state index contributed by atoms with van der Waals surface area (Å²) in [4.78, 5) is 25.9. The average molecular weight is 370 g/mol. The van der Waals surface area contributed by atoms with E-state index in [0.717, 1.165) is 11.3 Å². The number of carbonyl (C=O) groups excluding carboxylic acids is 2. The zero-order chi connectivity index (χ0) is 19.8. The molecule has 2 rings (SSSR count). The maximum Gasteiger partial charge on any atom is 0.244 e. The van der Waals surface area contributed by atoms with E-state index in [9.17, 15) is 14.0 Å². The molecular weight excluding hydrogens is 347 g/mol. The summed E-state index contributed by atoms with van der Waals surface area (Å²) in [7, 11) is 3.20. The van der Waals surface area contributed by atoms with E-state index in [0.29, 0.717) is 5.56 Å². The fourth-order valence-electron chi connectivity index (χ4n) is 2.53. The van der Waals surface area contributed by atoms with Gasteiger partial charge in [0.2, 0.25) is 11.8 Å². The molecule has 0 aliphatic heterocycles. The second kappa shape index (κ2) is 9.52. The van der Waals surface area contributed by atoms with Gasteiger partial charge in [0.1, 0.15) is 17.6 Å². The van der Waals surface area contributed by atoms with Gasteiger partial charge >= 0.3 is 0 Å². The molecule has 27 heavy (non-hydrogen) atoms. The van der Waals surface area contributed by atoms with Crippen molar-refractivity contribution in [1.29, 1.82) is 0 Å². The number of amides is 2. The molecule has 142 valence electrons. The number of benzene rings is 2. The highest BCUT2D eigenvalue weighted by molar-refractivity contribution is 5.95. The predicted octanol–water partition coefficient (Wildman–Crippen LogP) is 3.01. The smallest absolute Gasteiger partial charge is 0.244 e. The number of halogens is 1. The van der Waals surface area contributed by atoms with E-state index in [-0.39, 0.29) is 24.2 Å². The van der Waals surface area contributed by atoms with Crippen molar-refractivity contribution in [2.75, 3.05) is 14.2 Å². The Hall–Kier alpha value is -3.15. The van der Waals surface area contributed by atoms with Gasteiger partial charge < -0.3 is 15.0 Å². The molecule has 0 spiro atoms. The number of nitrogens with zero attached hydrogens (tertiary/aromatic N) is 1. The molecule has 0 fully saturated rings. The molecule has 0 bridgehead atoms. The van der Waals surface area contributed by atoms with Crippen LogP contribution in [-0.2, 0) is 16.1 Å². The molecule has 0 saturated carbocycles. The van der Waals surface area contributed by atoms with Gasteiger partial charge in [0.25, 0.3) is 0 Å². The molecule has 0 aliphatic carbocycles. The lowest BCUT2D eigenvalue weighted by atomic mass is 10.2. The summed E-state index contributed by atoms with van der Waals surface area (Å²) in [6, 6.07) is 12.6. The van der Waals surface area contributed by atoms with Crippen LogP contribution in [0.5, 0.6) is 5.75 Å². The molecule has 0 aromatic heterocycles. The van der Waals surface area contributed by atoms with Gasteiger partial charge in [-0.1, -0.05) is 24.3 Å². The summed E-state index contributed by atoms with van der Waals surface area (Å²) in [5.41, 5.74) is 1.52. The zero-order valence-corrected chi connectivity index (χ0v) is 15.6. The van der Waals surface area contributed by atoms with Crippen LogP contribution in [0.15, 0.2) is 54.6 Å². The predicted molar refractivity (Wildman–Crippen MR) is 103 cm³/mol. The number of methoxy groups -OCH3 is 1. The Morgan fingerprint density at radius 2 is 1.93 bits per heavy atom. The maximum absolute atomic E-state index is 13.2. The minimum atomic E-state index is -0.698. The quantitative estimate of drug-likeness (QED) is 0.763. The third kappa shape index (κ3) is 6.26. The van der Waals surface area contributed by atoms with Crippen LogP contribution in [0.2, 0.25) is 0 Å². The number of hydrogen-bond donors (Lipinski definition) is 1. The summed E-state index contributed by atoms with van der Waals surface area (Å²) < 4.78 is 18.3. The summed E-state index contributed by atoms with van der Waals surface area (Å²) in [6.07, 6.45) is 3.03. The van der Waals surface area contributed by atoms with Crippen LogP contribution in [0.25, 0.3) is 6.08 Å². The van der Waals surface area contributed by atoms with Crippen molar-refractivity contribution in [2.24, 2.45) is 0 Å². The standard InChI is InChI=1S/C21H23FN2O3/c1-15(21(26)24(2)14-17-5-4-6-18(22)13-17)23-20(25)12-9-16-7-10-19(27-3)11-8-16/h4-13,15H,14H2,1-3H3,(H,23,25)/b12-9+. The first-order chi connectivity index (χ1) is 12.9. The monoisotopic (exact) mass is 370 g/mol. The van der Waals surface area contributed by atoms with Gasteiger partial charge in [-0.25, -0.2) is 4.39 Å². The summed E-state index contributed by atoms with van der Waals surface area (Å²) >= 11 is 0. The largest absolute Gasteiger partial charge is 0.497 e. The molecule has 1 atom stereocenters. The van der Waals surface area contributed by atoms with Crippen LogP contribution in [0.1, 0.15) is 18.1 Å². The third-order valence-electron chi connectivity index (χ3n) is 3.96. The van der Waals surface area contributed by atoms with Crippen LogP contribution in [0.3, 0.4) is 0 Å². The van der Waals surface area contributed by atoms with E-state index < -0.39 is 6.04 Å². The van der Waals surface area contributed by atoms with Crippen molar-refractivity contribution in [3.8, 4) is 5.75 Å². The Morgan fingerprint density at radius 3 is 2.56 bits per heavy atom. The Balaban J connectivity index is 1.88. The zero-order valence-electron chi connectivity index (χ0n) is 15.6. The highest BCUT2D eigenvalue weighted by Gasteiger charge is 2.18. The Morgan fingerprint density at radius 1 is 1.22 bits per heavy atom. The maximum atomic E-state index is 13.2. The van der Waals surface area contributed by atoms with Gasteiger partial charge in [-0.15, -0.1) is 0 Å². The Labute approximate surface area is 158 Å². The highest BCUT2D eigenvalue weighted by atomic mass is 19.1. The fraction of sp³-hybridized carbons (Fsp3) is 0.238. The van der Waals surface area contributed by atoms with Crippen LogP contribution in [-0.4, -0.2) is 36.9 Å². The molecule has 0 heterocycles. The van der Waals surface area contributed by atoms with E-state index in [1.807, 2.05) is 12.1 Å². The van der Waals surface area contributed by atoms with E-state index >= 15 is 0 Å². The second-order valence-corrected chi connectivity index (χ2v) is 6.16. The number of hydrogen-bond acceptors (Lipinski definition) is 3. The van der Waals surface area contributed by atoms with E-state index in [1.54, 1.807) is 51.4 Å². The third-order valence-corrected chi connectivity index (χ3v) is 3.96. The Kier molecular flexibility index (Phi) is 7.11. The van der Waals surface area contributed by atoms with Gasteiger partial charge in [-0.05, 0) is 48.4 Å². The SMILES string of the molecule is COc1ccc(/C=C/C(=O)NC(C)C(=O)N(C)Cc2cccc(F)c2)cc1. The minimum absolute atomic E-state index is 0.259. The lowest BCUT2D eigenvalue weighted by molar-refractivity contribution is -0.134. The van der Waals surface area contributed by atoms with Gasteiger partial charge in [0, 0.05) is 19.7 Å². The minimum Gasteiger partial charge on any atom is -0.497 e. The van der Waals surface area contributed by atoms with E-state index in [2.05, 4.69) is 5.32 Å². The molecule has 0 radical (unpaired) electrons. The van der Waals surface area contributed by atoms with Gasteiger partial charge in [-0.2, -0.15) is 0 Å². The van der Waals surface area contributed by atoms with Crippen LogP contribution in [0, 0.1) is 5.82 Å². The molecule has 5 nitrogen and oxygen atoms in total. The average Bonchev–Trinajstić information content (AvgIpc) is 2.66. The van der Waals surface area contributed by atoms with E-state index in [1.165, 1.54) is 23.1 Å². The van der Waals surface area contributed by atoms with Crippen molar-refractivity contribution < 1.29 is 18.7 Å². The van der Waals surface area contributed by atoms with Gasteiger partial charge in [0.05, 0.1) is 7.11 Å². The fourth-order valence-corrected chi connectivity index (χ4v) is 2.53. The van der Waals surface area contributed by atoms with Crippen molar-refractivity contribution >= 4 is 17.9 Å². The van der Waals surface area contributed by atoms with Crippen LogP contribution >= 0.6 is 0 Å². The lowest BCUT2D eigenvalue weighted by Crippen LogP contribution is -2.44. The van der Waals surface area contributed by atoms with Crippen molar-refractivity contribution in [1.82, 2.24) is 10.2 Å². The van der Waals surface area contributed by atoms with Crippen LogP contribution in [0.4, 0.5) is 4.39 Å². The number of carbonyl (C=O) groups is 2. The number of nitrogens with one attached hydrogen (secondary N) is 1. The molecule has 6 heteroatoms. The molecule has 2 aromatic carbocycles. The van der Waals surface area contributed by atoms with Gasteiger partial charge in [0.15, 0.2) is 0 Å². The Bertz CT molecular complexity index is 818. The molecule has 1 N–H and O–H groups in total. The van der Waals surface area contributed by atoms with Crippen molar-refractivity contribution in [3.05, 3.63) is 71.6 Å².